The smallest absolute Gasteiger partial charge is 0.214 e. The first-order valence-electron chi connectivity index (χ1n) is 9.98. The van der Waals surface area contributed by atoms with Crippen LogP contribution in [0.2, 0.25) is 0 Å². The molecule has 5 aromatic rings. The van der Waals surface area contributed by atoms with Crippen LogP contribution in [-0.4, -0.2) is 8.07 Å². The largest absolute Gasteiger partial charge is 2.00 e. The van der Waals surface area contributed by atoms with Gasteiger partial charge in [-0.1, -0.05) is 91.0 Å². The first-order valence-corrected chi connectivity index (χ1v) is 12.0. The van der Waals surface area contributed by atoms with Crippen LogP contribution >= 0.6 is 0 Å². The van der Waals surface area contributed by atoms with Crippen LogP contribution in [0.25, 0.3) is 0 Å². The molecule has 5 rings (SSSR count). The van der Waals surface area contributed by atoms with Crippen molar-refractivity contribution in [3.63, 3.8) is 0 Å². The van der Waals surface area contributed by atoms with Gasteiger partial charge < -0.3 is 0 Å². The van der Waals surface area contributed by atoms with Crippen molar-refractivity contribution in [2.45, 2.75) is 0 Å². The van der Waals surface area contributed by atoms with Gasteiger partial charge in [0.2, 0.25) is 0 Å². The molecule has 0 aromatic heterocycles. The average Bonchev–Trinajstić information content (AvgIpc) is 3.54. The molecular formula is C28H24FeSi. The van der Waals surface area contributed by atoms with E-state index in [0.29, 0.717) is 0 Å². The SMILES string of the molecule is [Fe+2].c1cc[cH-]c1.c1ccc([Si](c2ccccc2)(c2ccccc2)c2ccc[cH-]2)cc1. The molecule has 0 unspecified atom stereocenters. The third-order valence-corrected chi connectivity index (χ3v) is 10.1. The van der Waals surface area contributed by atoms with E-state index >= 15 is 0 Å². The second-order valence-electron chi connectivity index (χ2n) is 6.98. The quantitative estimate of drug-likeness (QED) is 0.222. The predicted molar refractivity (Wildman–Crippen MR) is 128 cm³/mol. The van der Waals surface area contributed by atoms with Crippen LogP contribution < -0.4 is 20.7 Å². The van der Waals surface area contributed by atoms with Gasteiger partial charge in [-0.15, -0.1) is 0 Å². The van der Waals surface area contributed by atoms with Gasteiger partial charge in [-0.3, -0.25) is 0 Å². The zero-order valence-corrected chi connectivity index (χ0v) is 18.8. The van der Waals surface area contributed by atoms with E-state index in [1.54, 1.807) is 0 Å². The van der Waals surface area contributed by atoms with E-state index in [1.165, 1.54) is 20.7 Å². The fourth-order valence-corrected chi connectivity index (χ4v) is 8.78. The van der Waals surface area contributed by atoms with Gasteiger partial charge in [0.1, 0.15) is 0 Å². The Labute approximate surface area is 191 Å². The molecule has 0 saturated carbocycles. The molecule has 0 N–H and O–H groups in total. The van der Waals surface area contributed by atoms with Gasteiger partial charge in [-0.2, -0.15) is 35.5 Å². The Bertz CT molecular complexity index is 954. The van der Waals surface area contributed by atoms with Crippen molar-refractivity contribution < 1.29 is 17.1 Å². The van der Waals surface area contributed by atoms with E-state index < -0.39 is 8.07 Å². The van der Waals surface area contributed by atoms with Crippen molar-refractivity contribution in [1.82, 2.24) is 0 Å². The van der Waals surface area contributed by atoms with E-state index in [4.69, 9.17) is 0 Å². The van der Waals surface area contributed by atoms with Crippen molar-refractivity contribution in [1.29, 1.82) is 0 Å². The van der Waals surface area contributed by atoms with Gasteiger partial charge in [0, 0.05) is 0 Å². The summed E-state index contributed by atoms with van der Waals surface area (Å²) >= 11 is 0. The molecule has 0 bridgehead atoms. The maximum atomic E-state index is 2.29. The molecule has 30 heavy (non-hydrogen) atoms. The van der Waals surface area contributed by atoms with Gasteiger partial charge in [0.05, 0.1) is 0 Å². The minimum absolute atomic E-state index is 0. The molecule has 148 valence electrons. The summed E-state index contributed by atoms with van der Waals surface area (Å²) in [5.74, 6) is 0. The van der Waals surface area contributed by atoms with Gasteiger partial charge in [0.25, 0.3) is 0 Å². The summed E-state index contributed by atoms with van der Waals surface area (Å²) in [5, 5.41) is 5.71. The average molecular weight is 444 g/mol. The standard InChI is InChI=1S/C23H19Si.C5H5.Fe/c1-4-12-20(13-5-1)24(23-18-10-11-19-23,21-14-6-2-7-15-21)22-16-8-3-9-17-22;1-2-4-5-3-1;/h1-19H;1-5H;/q2*-1;+2. The molecule has 0 saturated heterocycles. The van der Waals surface area contributed by atoms with Gasteiger partial charge in [0.15, 0.2) is 8.07 Å². The summed E-state index contributed by atoms with van der Waals surface area (Å²) in [6.45, 7) is 0. The molecule has 0 aliphatic carbocycles. The van der Waals surface area contributed by atoms with Gasteiger partial charge in [-0.05, 0) is 15.6 Å². The third kappa shape index (κ3) is 4.47. The Hall–Kier alpha value is -2.90. The van der Waals surface area contributed by atoms with E-state index in [9.17, 15) is 0 Å². The summed E-state index contributed by atoms with van der Waals surface area (Å²) in [7, 11) is -2.25. The second-order valence-corrected chi connectivity index (χ2v) is 10.8. The zero-order chi connectivity index (χ0) is 19.8. The van der Waals surface area contributed by atoms with Crippen molar-refractivity contribution in [2.24, 2.45) is 0 Å². The zero-order valence-electron chi connectivity index (χ0n) is 16.7. The maximum Gasteiger partial charge on any atom is 2.00 e. The second kappa shape index (κ2) is 10.8. The topological polar surface area (TPSA) is 0 Å². The van der Waals surface area contributed by atoms with Crippen LogP contribution in [0.5, 0.6) is 0 Å². The minimum Gasteiger partial charge on any atom is -0.214 e. The first-order chi connectivity index (χ1) is 14.4. The Kier molecular flexibility index (Phi) is 7.81. The molecule has 0 spiro atoms. The van der Waals surface area contributed by atoms with Gasteiger partial charge in [-0.25, -0.2) is 24.3 Å². The Balaban J connectivity index is 0.000000376. The van der Waals surface area contributed by atoms with Crippen molar-refractivity contribution >= 4 is 28.8 Å². The van der Waals surface area contributed by atoms with Crippen LogP contribution in [-0.2, 0) is 17.1 Å². The molecule has 0 amide bonds. The number of rotatable bonds is 4. The summed E-state index contributed by atoms with van der Waals surface area (Å²) < 4.78 is 0. The molecule has 5 aromatic carbocycles. The Morgan fingerprint density at radius 3 is 1.17 bits per heavy atom. The van der Waals surface area contributed by atoms with Crippen LogP contribution in [0.15, 0.2) is 146 Å². The Morgan fingerprint density at radius 2 is 0.867 bits per heavy atom. The summed E-state index contributed by atoms with van der Waals surface area (Å²) in [4.78, 5) is 0. The fraction of sp³-hybridized carbons (Fsp3) is 0. The van der Waals surface area contributed by atoms with Gasteiger partial charge >= 0.3 is 17.1 Å². The number of hydrogen-bond donors (Lipinski definition) is 0. The van der Waals surface area contributed by atoms with Crippen LogP contribution in [0.3, 0.4) is 0 Å². The summed E-state index contributed by atoms with van der Waals surface area (Å²) in [6.07, 6.45) is 0. The third-order valence-electron chi connectivity index (χ3n) is 5.27. The maximum absolute atomic E-state index is 2.29. The molecule has 2 heteroatoms. The van der Waals surface area contributed by atoms with Crippen LogP contribution in [0.4, 0.5) is 0 Å². The molecule has 0 aliphatic rings. The number of hydrogen-bond acceptors (Lipinski definition) is 0. The van der Waals surface area contributed by atoms with E-state index in [0.717, 1.165) is 0 Å². The first kappa shape index (κ1) is 21.8. The van der Waals surface area contributed by atoms with Crippen LogP contribution in [0.1, 0.15) is 0 Å². The molecule has 0 heterocycles. The molecule has 0 aliphatic heterocycles. The fourth-order valence-electron chi connectivity index (χ4n) is 4.01. The van der Waals surface area contributed by atoms with E-state index in [1.807, 2.05) is 30.3 Å². The summed E-state index contributed by atoms with van der Waals surface area (Å²) in [5.41, 5.74) is 0. The van der Waals surface area contributed by atoms with E-state index in [2.05, 4.69) is 115 Å². The van der Waals surface area contributed by atoms with Crippen LogP contribution in [0, 0.1) is 0 Å². The van der Waals surface area contributed by atoms with Crippen molar-refractivity contribution in [2.75, 3.05) is 0 Å². The van der Waals surface area contributed by atoms with Crippen molar-refractivity contribution in [3.8, 4) is 0 Å². The van der Waals surface area contributed by atoms with E-state index in [-0.39, 0.29) is 17.1 Å². The molecule has 0 atom stereocenters. The normalized spacial score (nSPS) is 10.4. The molecule has 0 nitrogen and oxygen atoms in total. The summed E-state index contributed by atoms with van der Waals surface area (Å²) in [6, 6.07) is 51.9. The minimum atomic E-state index is -2.25. The predicted octanol–water partition coefficient (Wildman–Crippen LogP) is 4.19. The monoisotopic (exact) mass is 444 g/mol. The van der Waals surface area contributed by atoms with Crippen molar-refractivity contribution in [3.05, 3.63) is 146 Å². The molecular weight excluding hydrogens is 420 g/mol. The molecule has 0 radical (unpaired) electrons. The molecule has 0 fully saturated rings. The Morgan fingerprint density at radius 1 is 0.433 bits per heavy atom. The number of benzene rings is 3.